The summed E-state index contributed by atoms with van der Waals surface area (Å²) in [6.07, 6.45) is 0. The summed E-state index contributed by atoms with van der Waals surface area (Å²) < 4.78 is 34.2. The summed E-state index contributed by atoms with van der Waals surface area (Å²) in [7, 11) is -2.51. The van der Waals surface area contributed by atoms with E-state index in [4.69, 9.17) is 26.2 Å². The predicted octanol–water partition coefficient (Wildman–Crippen LogP) is 4.02. The van der Waals surface area contributed by atoms with Crippen LogP contribution in [-0.4, -0.2) is 38.9 Å². The van der Waals surface area contributed by atoms with Gasteiger partial charge in [0.1, 0.15) is 17.3 Å². The van der Waals surface area contributed by atoms with Crippen LogP contribution in [0.2, 0.25) is 5.02 Å². The molecule has 1 aliphatic rings. The Bertz CT molecular complexity index is 1520. The second-order valence-electron chi connectivity index (χ2n) is 8.06. The van der Waals surface area contributed by atoms with Crippen LogP contribution >= 0.6 is 11.6 Å². The van der Waals surface area contributed by atoms with Crippen molar-refractivity contribution >= 4 is 44.8 Å². The summed E-state index contributed by atoms with van der Waals surface area (Å²) in [5.41, 5.74) is 0.593. The minimum absolute atomic E-state index is 0.114. The van der Waals surface area contributed by atoms with Crippen molar-refractivity contribution in [1.82, 2.24) is 0 Å². The molecule has 0 aliphatic carbocycles. The van der Waals surface area contributed by atoms with Crippen molar-refractivity contribution < 1.29 is 32.6 Å². The van der Waals surface area contributed by atoms with E-state index in [0.717, 1.165) is 0 Å². The molecule has 1 saturated heterocycles. The second kappa shape index (κ2) is 10.3. The molecule has 1 unspecified atom stereocenters. The zero-order valence-corrected chi connectivity index (χ0v) is 21.4. The van der Waals surface area contributed by atoms with Crippen LogP contribution in [0.5, 0.6) is 11.5 Å². The first-order chi connectivity index (χ1) is 17.6. The van der Waals surface area contributed by atoms with Crippen molar-refractivity contribution in [1.29, 1.82) is 0 Å². The molecule has 1 amide bonds. The third-order valence-electron chi connectivity index (χ3n) is 5.80. The Labute approximate surface area is 218 Å². The molecule has 1 aliphatic heterocycles. The summed E-state index contributed by atoms with van der Waals surface area (Å²) in [5, 5.41) is 16.7. The number of halogens is 1. The van der Waals surface area contributed by atoms with Crippen molar-refractivity contribution in [2.45, 2.75) is 17.9 Å². The van der Waals surface area contributed by atoms with Crippen LogP contribution in [0.25, 0.3) is 5.76 Å². The standard InChI is InChI=1S/C26H23ClN2O7S/c1-3-36-18-9-12-21(27)20(14-18)24(30)22-23(15-5-4-6-17(13-15)35-2)29(26(32)25(22)31)16-7-10-19(11-8-16)37(28,33)34/h4-14,23,30H,3H2,1-2H3,(H2,28,33,34)/b24-22+. The largest absolute Gasteiger partial charge is 0.507 e. The normalized spacial score (nSPS) is 17.2. The number of Topliss-reactive ketones (excluding diaryl/α,β-unsaturated/α-hetero) is 1. The molecule has 0 spiro atoms. The van der Waals surface area contributed by atoms with Gasteiger partial charge in [0.15, 0.2) is 0 Å². The highest BCUT2D eigenvalue weighted by Crippen LogP contribution is 2.44. The number of sulfonamides is 1. The molecule has 3 aromatic carbocycles. The van der Waals surface area contributed by atoms with Gasteiger partial charge in [-0.3, -0.25) is 14.5 Å². The van der Waals surface area contributed by atoms with Crippen LogP contribution in [0.1, 0.15) is 24.1 Å². The van der Waals surface area contributed by atoms with E-state index in [1.807, 2.05) is 0 Å². The topological polar surface area (TPSA) is 136 Å². The van der Waals surface area contributed by atoms with Crippen molar-refractivity contribution in [3.63, 3.8) is 0 Å². The van der Waals surface area contributed by atoms with E-state index in [1.165, 1.54) is 48.4 Å². The summed E-state index contributed by atoms with van der Waals surface area (Å²) in [6.45, 7) is 2.16. The van der Waals surface area contributed by atoms with Crippen molar-refractivity contribution in [3.8, 4) is 11.5 Å². The number of hydrogen-bond acceptors (Lipinski definition) is 7. The number of anilines is 1. The SMILES string of the molecule is CCOc1ccc(Cl)c(/C(O)=C2\C(=O)C(=O)N(c3ccc(S(N)(=O)=O)cc3)C2c2cccc(OC)c2)c1. The number of ether oxygens (including phenoxy) is 2. The molecule has 0 radical (unpaired) electrons. The highest BCUT2D eigenvalue weighted by Gasteiger charge is 2.47. The van der Waals surface area contributed by atoms with Crippen LogP contribution in [-0.2, 0) is 19.6 Å². The number of rotatable bonds is 7. The van der Waals surface area contributed by atoms with E-state index in [9.17, 15) is 23.1 Å². The van der Waals surface area contributed by atoms with Gasteiger partial charge in [-0.2, -0.15) is 0 Å². The molecular weight excluding hydrogens is 520 g/mol. The second-order valence-corrected chi connectivity index (χ2v) is 10.0. The lowest BCUT2D eigenvalue weighted by Crippen LogP contribution is -2.29. The molecular formula is C26H23ClN2O7S. The van der Waals surface area contributed by atoms with Crippen LogP contribution in [0, 0.1) is 0 Å². The minimum Gasteiger partial charge on any atom is -0.507 e. The number of aliphatic hydroxyl groups is 1. The Balaban J connectivity index is 1.95. The van der Waals surface area contributed by atoms with Gasteiger partial charge in [-0.15, -0.1) is 0 Å². The lowest BCUT2D eigenvalue weighted by molar-refractivity contribution is -0.132. The Hall–Kier alpha value is -3.86. The van der Waals surface area contributed by atoms with Crippen molar-refractivity contribution in [2.24, 2.45) is 5.14 Å². The molecule has 0 saturated carbocycles. The number of nitrogens with zero attached hydrogens (tertiary/aromatic N) is 1. The maximum absolute atomic E-state index is 13.4. The number of aliphatic hydroxyl groups excluding tert-OH is 1. The van der Waals surface area contributed by atoms with Crippen LogP contribution in [0.4, 0.5) is 5.69 Å². The first kappa shape index (κ1) is 26.2. The fourth-order valence-corrected chi connectivity index (χ4v) is 4.83. The van der Waals surface area contributed by atoms with Crippen LogP contribution in [0.3, 0.4) is 0 Å². The van der Waals surface area contributed by atoms with E-state index in [2.05, 4.69) is 0 Å². The molecule has 0 aromatic heterocycles. The lowest BCUT2D eigenvalue weighted by Gasteiger charge is -2.26. The third kappa shape index (κ3) is 5.04. The number of amides is 1. The number of hydrogen-bond donors (Lipinski definition) is 2. The van der Waals surface area contributed by atoms with E-state index in [0.29, 0.717) is 23.7 Å². The average molecular weight is 543 g/mol. The molecule has 1 fully saturated rings. The van der Waals surface area contributed by atoms with E-state index >= 15 is 0 Å². The zero-order chi connectivity index (χ0) is 26.9. The van der Waals surface area contributed by atoms with E-state index in [-0.39, 0.29) is 26.7 Å². The monoisotopic (exact) mass is 542 g/mol. The fraction of sp³-hybridized carbons (Fsp3) is 0.154. The summed E-state index contributed by atoms with van der Waals surface area (Å²) >= 11 is 6.36. The zero-order valence-electron chi connectivity index (χ0n) is 19.8. The van der Waals surface area contributed by atoms with Crippen LogP contribution < -0.4 is 19.5 Å². The van der Waals surface area contributed by atoms with Crippen molar-refractivity contribution in [3.05, 3.63) is 88.5 Å². The Morgan fingerprint density at radius 2 is 1.76 bits per heavy atom. The Kier molecular flexibility index (Phi) is 7.26. The number of carbonyl (C=O) groups excluding carboxylic acids is 2. The first-order valence-electron chi connectivity index (χ1n) is 11.1. The molecule has 4 rings (SSSR count). The van der Waals surface area contributed by atoms with Gasteiger partial charge in [0.25, 0.3) is 11.7 Å². The van der Waals surface area contributed by atoms with Gasteiger partial charge in [-0.25, -0.2) is 13.6 Å². The summed E-state index contributed by atoms with van der Waals surface area (Å²) in [6, 6.07) is 15.4. The van der Waals surface area contributed by atoms with Gasteiger partial charge in [-0.1, -0.05) is 23.7 Å². The average Bonchev–Trinajstić information content (AvgIpc) is 3.14. The van der Waals surface area contributed by atoms with Gasteiger partial charge in [0.05, 0.1) is 35.2 Å². The van der Waals surface area contributed by atoms with Crippen molar-refractivity contribution in [2.75, 3.05) is 18.6 Å². The van der Waals surface area contributed by atoms with Gasteiger partial charge in [0.2, 0.25) is 10.0 Å². The lowest BCUT2D eigenvalue weighted by atomic mass is 9.95. The van der Waals surface area contributed by atoms with E-state index < -0.39 is 33.5 Å². The molecule has 9 nitrogen and oxygen atoms in total. The maximum atomic E-state index is 13.4. The van der Waals surface area contributed by atoms with Gasteiger partial charge in [-0.05, 0) is 67.1 Å². The summed E-state index contributed by atoms with van der Waals surface area (Å²) in [5.74, 6) is -1.47. The van der Waals surface area contributed by atoms with Gasteiger partial charge in [0, 0.05) is 11.3 Å². The molecule has 11 heteroatoms. The number of carbonyl (C=O) groups is 2. The quantitative estimate of drug-likeness (QED) is 0.261. The third-order valence-corrected chi connectivity index (χ3v) is 7.06. The number of nitrogens with two attached hydrogens (primary N) is 1. The molecule has 1 heterocycles. The Morgan fingerprint density at radius 3 is 2.38 bits per heavy atom. The Morgan fingerprint density at radius 1 is 1.05 bits per heavy atom. The molecule has 3 aromatic rings. The maximum Gasteiger partial charge on any atom is 0.300 e. The molecule has 1 atom stereocenters. The first-order valence-corrected chi connectivity index (χ1v) is 13.0. The van der Waals surface area contributed by atoms with Crippen LogP contribution in [0.15, 0.2) is 77.2 Å². The fourth-order valence-electron chi connectivity index (χ4n) is 4.11. The number of benzene rings is 3. The highest BCUT2D eigenvalue weighted by molar-refractivity contribution is 7.89. The number of ketones is 1. The molecule has 192 valence electrons. The molecule has 0 bridgehead atoms. The summed E-state index contributed by atoms with van der Waals surface area (Å²) in [4.78, 5) is 27.7. The molecule has 3 N–H and O–H groups in total. The number of primary sulfonamides is 1. The highest BCUT2D eigenvalue weighted by atomic mass is 35.5. The molecule has 37 heavy (non-hydrogen) atoms. The van der Waals surface area contributed by atoms with Gasteiger partial charge < -0.3 is 14.6 Å². The minimum atomic E-state index is -3.98. The van der Waals surface area contributed by atoms with E-state index in [1.54, 1.807) is 37.3 Å². The number of methoxy groups -OCH3 is 1. The smallest absolute Gasteiger partial charge is 0.300 e. The predicted molar refractivity (Wildman–Crippen MR) is 138 cm³/mol. The van der Waals surface area contributed by atoms with Gasteiger partial charge >= 0.3 is 0 Å².